The molecule has 1 unspecified atom stereocenters. The molecule has 0 bridgehead atoms. The van der Waals surface area contributed by atoms with E-state index < -0.39 is 0 Å². The number of nitrogens with zero attached hydrogens (tertiary/aromatic N) is 2. The van der Waals surface area contributed by atoms with Crippen molar-refractivity contribution in [2.24, 2.45) is 0 Å². The highest BCUT2D eigenvalue weighted by Gasteiger charge is 2.23. The van der Waals surface area contributed by atoms with Gasteiger partial charge >= 0.3 is 0 Å². The minimum Gasteiger partial charge on any atom is -0.351 e. The Kier molecular flexibility index (Phi) is 7.80. The molecule has 5 heteroatoms. The second-order valence-electron chi connectivity index (χ2n) is 4.74. The Labute approximate surface area is 122 Å². The van der Waals surface area contributed by atoms with Crippen LogP contribution in [0.25, 0.3) is 0 Å². The van der Waals surface area contributed by atoms with Gasteiger partial charge < -0.3 is 14.8 Å². The highest BCUT2D eigenvalue weighted by Crippen LogP contribution is 2.12. The molecule has 0 fully saturated rings. The smallest absolute Gasteiger partial charge is 0.173 e. The summed E-state index contributed by atoms with van der Waals surface area (Å²) in [5, 5.41) is 7.97. The summed E-state index contributed by atoms with van der Waals surface area (Å²) >= 11 is 0. The normalized spacial score (nSPS) is 13.1. The summed E-state index contributed by atoms with van der Waals surface area (Å²) in [5.74, 6) is 0. The molecule has 0 saturated carbocycles. The highest BCUT2D eigenvalue weighted by atomic mass is 16.7. The van der Waals surface area contributed by atoms with Crippen LogP contribution in [0.5, 0.6) is 0 Å². The first kappa shape index (κ1) is 17.1. The fourth-order valence-corrected chi connectivity index (χ4v) is 2.40. The summed E-state index contributed by atoms with van der Waals surface area (Å²) in [6, 6.07) is 2.28. The van der Waals surface area contributed by atoms with Crippen molar-refractivity contribution in [2.45, 2.75) is 59.9 Å². The molecule has 0 saturated heterocycles. The molecule has 0 radical (unpaired) electrons. The second-order valence-corrected chi connectivity index (χ2v) is 4.74. The number of aryl methyl sites for hydroxylation is 2. The standard InChI is InChI=1S/C15H29N3O2/c1-6-16-14(15(19-8-3)20-9-4)11-13-10-12(5)17-18(13)7-2/h10,14-16H,6-9,11H2,1-5H3. The Hall–Kier alpha value is -0.910. The molecule has 1 atom stereocenters. The van der Waals surface area contributed by atoms with Crippen LogP contribution in [-0.4, -0.2) is 41.9 Å². The average molecular weight is 283 g/mol. The average Bonchev–Trinajstić information content (AvgIpc) is 2.78. The van der Waals surface area contributed by atoms with E-state index in [1.165, 1.54) is 5.69 Å². The van der Waals surface area contributed by atoms with Gasteiger partial charge in [0.15, 0.2) is 6.29 Å². The van der Waals surface area contributed by atoms with Gasteiger partial charge in [0.2, 0.25) is 0 Å². The molecule has 116 valence electrons. The van der Waals surface area contributed by atoms with E-state index in [4.69, 9.17) is 9.47 Å². The van der Waals surface area contributed by atoms with E-state index in [9.17, 15) is 0 Å². The molecule has 0 aliphatic carbocycles. The zero-order valence-corrected chi connectivity index (χ0v) is 13.5. The summed E-state index contributed by atoms with van der Waals surface area (Å²) in [4.78, 5) is 0. The van der Waals surface area contributed by atoms with Crippen LogP contribution < -0.4 is 5.32 Å². The molecule has 0 aliphatic rings. The van der Waals surface area contributed by atoms with Gasteiger partial charge in [0.1, 0.15) is 0 Å². The van der Waals surface area contributed by atoms with Crippen LogP contribution in [0, 0.1) is 6.92 Å². The van der Waals surface area contributed by atoms with Crippen LogP contribution in [0.3, 0.4) is 0 Å². The van der Waals surface area contributed by atoms with Crippen LogP contribution in [-0.2, 0) is 22.4 Å². The lowest BCUT2D eigenvalue weighted by atomic mass is 10.1. The Morgan fingerprint density at radius 3 is 2.35 bits per heavy atom. The third-order valence-corrected chi connectivity index (χ3v) is 3.17. The lowest BCUT2D eigenvalue weighted by Crippen LogP contribution is -2.45. The maximum atomic E-state index is 5.74. The van der Waals surface area contributed by atoms with Gasteiger partial charge in [-0.25, -0.2) is 0 Å². The number of hydrogen-bond donors (Lipinski definition) is 1. The Morgan fingerprint density at radius 1 is 1.20 bits per heavy atom. The van der Waals surface area contributed by atoms with Gasteiger partial charge in [-0.2, -0.15) is 5.10 Å². The van der Waals surface area contributed by atoms with Gasteiger partial charge in [0.05, 0.1) is 11.7 Å². The van der Waals surface area contributed by atoms with Gasteiger partial charge in [0, 0.05) is 31.9 Å². The maximum Gasteiger partial charge on any atom is 0.173 e. The molecule has 0 aromatic carbocycles. The van der Waals surface area contributed by atoms with Crippen LogP contribution >= 0.6 is 0 Å². The van der Waals surface area contributed by atoms with Crippen molar-refractivity contribution in [3.63, 3.8) is 0 Å². The van der Waals surface area contributed by atoms with Crippen molar-refractivity contribution < 1.29 is 9.47 Å². The Balaban J connectivity index is 2.83. The number of nitrogens with one attached hydrogen (secondary N) is 1. The van der Waals surface area contributed by atoms with Crippen LogP contribution in [0.1, 0.15) is 39.1 Å². The first-order valence-corrected chi connectivity index (χ1v) is 7.66. The van der Waals surface area contributed by atoms with Crippen molar-refractivity contribution in [2.75, 3.05) is 19.8 Å². The SMILES string of the molecule is CCNC(Cc1cc(C)nn1CC)C(OCC)OCC. The number of hydrogen-bond acceptors (Lipinski definition) is 4. The molecule has 1 aromatic rings. The van der Waals surface area contributed by atoms with Gasteiger partial charge in [0.25, 0.3) is 0 Å². The number of likely N-dealkylation sites (N-methyl/N-ethyl adjacent to an activating group) is 1. The van der Waals surface area contributed by atoms with Crippen LogP contribution in [0.4, 0.5) is 0 Å². The monoisotopic (exact) mass is 283 g/mol. The molecule has 1 N–H and O–H groups in total. The maximum absolute atomic E-state index is 5.74. The van der Waals surface area contributed by atoms with Gasteiger partial charge in [-0.3, -0.25) is 4.68 Å². The zero-order chi connectivity index (χ0) is 15.0. The topological polar surface area (TPSA) is 48.3 Å². The van der Waals surface area contributed by atoms with E-state index in [2.05, 4.69) is 35.0 Å². The zero-order valence-electron chi connectivity index (χ0n) is 13.5. The van der Waals surface area contributed by atoms with Crippen molar-refractivity contribution in [3.8, 4) is 0 Å². The molecule has 0 spiro atoms. The number of aromatic nitrogens is 2. The summed E-state index contributed by atoms with van der Waals surface area (Å²) in [7, 11) is 0. The minimum atomic E-state index is -0.217. The van der Waals surface area contributed by atoms with Crippen molar-refractivity contribution in [1.82, 2.24) is 15.1 Å². The summed E-state index contributed by atoms with van der Waals surface area (Å²) in [6.07, 6.45) is 0.637. The lowest BCUT2D eigenvalue weighted by Gasteiger charge is -2.27. The van der Waals surface area contributed by atoms with E-state index in [-0.39, 0.29) is 12.3 Å². The molecule has 20 heavy (non-hydrogen) atoms. The molecule has 0 amide bonds. The Morgan fingerprint density at radius 2 is 1.85 bits per heavy atom. The van der Waals surface area contributed by atoms with Gasteiger partial charge in [-0.05, 0) is 40.3 Å². The summed E-state index contributed by atoms with van der Waals surface area (Å²) in [6.45, 7) is 13.3. The first-order valence-electron chi connectivity index (χ1n) is 7.66. The predicted octanol–water partition coefficient (Wildman–Crippen LogP) is 2.13. The molecule has 1 heterocycles. The van der Waals surface area contributed by atoms with E-state index in [1.54, 1.807) is 0 Å². The molecule has 0 aliphatic heterocycles. The fraction of sp³-hybridized carbons (Fsp3) is 0.800. The van der Waals surface area contributed by atoms with Crippen LogP contribution in [0.15, 0.2) is 6.07 Å². The van der Waals surface area contributed by atoms with Gasteiger partial charge in [-0.15, -0.1) is 0 Å². The van der Waals surface area contributed by atoms with E-state index in [0.29, 0.717) is 13.2 Å². The molecular weight excluding hydrogens is 254 g/mol. The summed E-state index contributed by atoms with van der Waals surface area (Å²) in [5.41, 5.74) is 2.28. The van der Waals surface area contributed by atoms with E-state index in [1.807, 2.05) is 20.8 Å². The number of rotatable bonds is 10. The lowest BCUT2D eigenvalue weighted by molar-refractivity contribution is -0.153. The fourth-order valence-electron chi connectivity index (χ4n) is 2.40. The van der Waals surface area contributed by atoms with Crippen LogP contribution in [0.2, 0.25) is 0 Å². The number of ether oxygens (including phenoxy) is 2. The second kappa shape index (κ2) is 9.10. The van der Waals surface area contributed by atoms with E-state index in [0.717, 1.165) is 25.2 Å². The predicted molar refractivity (Wildman–Crippen MR) is 80.8 cm³/mol. The third-order valence-electron chi connectivity index (χ3n) is 3.17. The molecular formula is C15H29N3O2. The molecule has 1 aromatic heterocycles. The molecule has 1 rings (SSSR count). The van der Waals surface area contributed by atoms with Crippen molar-refractivity contribution in [3.05, 3.63) is 17.5 Å². The van der Waals surface area contributed by atoms with Crippen molar-refractivity contribution in [1.29, 1.82) is 0 Å². The minimum absolute atomic E-state index is 0.140. The summed E-state index contributed by atoms with van der Waals surface area (Å²) < 4.78 is 13.5. The largest absolute Gasteiger partial charge is 0.351 e. The quantitative estimate of drug-likeness (QED) is 0.668. The third kappa shape index (κ3) is 4.89. The highest BCUT2D eigenvalue weighted by molar-refractivity contribution is 5.10. The van der Waals surface area contributed by atoms with Crippen molar-refractivity contribution >= 4 is 0 Å². The van der Waals surface area contributed by atoms with Gasteiger partial charge in [-0.1, -0.05) is 6.92 Å². The van der Waals surface area contributed by atoms with E-state index >= 15 is 0 Å². The molecule has 5 nitrogen and oxygen atoms in total. The Bertz CT molecular complexity index is 373. The first-order chi connectivity index (χ1) is 9.65.